The Labute approximate surface area is 148 Å². The predicted octanol–water partition coefficient (Wildman–Crippen LogP) is 4.12. The molecule has 0 saturated carbocycles. The predicted molar refractivity (Wildman–Crippen MR) is 90.7 cm³/mol. The lowest BCUT2D eigenvalue weighted by atomic mass is 10.1. The lowest BCUT2D eigenvalue weighted by Gasteiger charge is -2.36. The van der Waals surface area contributed by atoms with Gasteiger partial charge >= 0.3 is 6.18 Å². The molecule has 138 valence electrons. The minimum absolute atomic E-state index is 0.259. The molecular weight excluding hydrogens is 348 g/mol. The van der Waals surface area contributed by atoms with Gasteiger partial charge in [0.1, 0.15) is 5.82 Å². The normalized spacial score (nSPS) is 15.3. The highest BCUT2D eigenvalue weighted by Gasteiger charge is 2.31. The van der Waals surface area contributed by atoms with Crippen LogP contribution in [0.4, 0.5) is 23.2 Å². The number of benzene rings is 2. The van der Waals surface area contributed by atoms with Gasteiger partial charge in [0.25, 0.3) is 5.91 Å². The van der Waals surface area contributed by atoms with Crippen molar-refractivity contribution in [1.29, 1.82) is 0 Å². The smallest absolute Gasteiger partial charge is 0.368 e. The van der Waals surface area contributed by atoms with Crippen LogP contribution in [0.2, 0.25) is 0 Å². The number of hydrogen-bond donors (Lipinski definition) is 0. The summed E-state index contributed by atoms with van der Waals surface area (Å²) in [6.07, 6.45) is -4.39. The van der Waals surface area contributed by atoms with E-state index >= 15 is 0 Å². The van der Waals surface area contributed by atoms with E-state index < -0.39 is 17.6 Å². The van der Waals surface area contributed by atoms with Crippen molar-refractivity contribution in [3.63, 3.8) is 0 Å². The molecule has 0 aliphatic carbocycles. The summed E-state index contributed by atoms with van der Waals surface area (Å²) in [6, 6.07) is 9.25. The van der Waals surface area contributed by atoms with Gasteiger partial charge < -0.3 is 9.80 Å². The molecule has 0 radical (unpaired) electrons. The second-order valence-electron chi connectivity index (χ2n) is 6.29. The van der Waals surface area contributed by atoms with Crippen LogP contribution in [0.5, 0.6) is 0 Å². The molecule has 1 heterocycles. The summed E-state index contributed by atoms with van der Waals surface area (Å²) in [5.41, 5.74) is 0.798. The van der Waals surface area contributed by atoms with E-state index in [1.54, 1.807) is 24.0 Å². The van der Waals surface area contributed by atoms with Crippen molar-refractivity contribution in [2.24, 2.45) is 0 Å². The van der Waals surface area contributed by atoms with Crippen molar-refractivity contribution in [2.45, 2.75) is 13.1 Å². The minimum atomic E-state index is -4.39. The Hall–Kier alpha value is -2.57. The lowest BCUT2D eigenvalue weighted by molar-refractivity contribution is -0.137. The van der Waals surface area contributed by atoms with Gasteiger partial charge in [-0.25, -0.2) is 4.39 Å². The second-order valence-corrected chi connectivity index (χ2v) is 6.29. The average molecular weight is 366 g/mol. The molecule has 3 rings (SSSR count). The molecule has 7 heteroatoms. The molecule has 0 atom stereocenters. The van der Waals surface area contributed by atoms with Gasteiger partial charge in [-0.2, -0.15) is 13.2 Å². The molecule has 0 unspecified atom stereocenters. The van der Waals surface area contributed by atoms with E-state index in [1.165, 1.54) is 18.2 Å². The number of carbonyl (C=O) groups excluding carboxylic acids is 1. The van der Waals surface area contributed by atoms with E-state index in [1.807, 2.05) is 4.90 Å². The summed E-state index contributed by atoms with van der Waals surface area (Å²) in [4.78, 5) is 16.0. The van der Waals surface area contributed by atoms with Crippen molar-refractivity contribution < 1.29 is 22.4 Å². The van der Waals surface area contributed by atoms with Gasteiger partial charge in [-0.05, 0) is 42.8 Å². The summed E-state index contributed by atoms with van der Waals surface area (Å²) < 4.78 is 52.0. The molecule has 2 aromatic rings. The zero-order valence-corrected chi connectivity index (χ0v) is 14.2. The number of piperazine rings is 1. The van der Waals surface area contributed by atoms with E-state index in [9.17, 15) is 22.4 Å². The van der Waals surface area contributed by atoms with E-state index in [-0.39, 0.29) is 5.91 Å². The first-order valence-electron chi connectivity index (χ1n) is 8.23. The SMILES string of the molecule is Cc1ccc(F)cc1C(=O)N1CCN(c2cccc(C(F)(F)F)c2)CC1. The zero-order chi connectivity index (χ0) is 18.9. The van der Waals surface area contributed by atoms with Crippen LogP contribution < -0.4 is 4.90 Å². The second kappa shape index (κ2) is 6.97. The van der Waals surface area contributed by atoms with Crippen LogP contribution in [0.3, 0.4) is 0 Å². The molecule has 1 amide bonds. The molecule has 0 N–H and O–H groups in total. The number of amides is 1. The maximum absolute atomic E-state index is 13.4. The molecular formula is C19H18F4N2O. The van der Waals surface area contributed by atoms with Crippen molar-refractivity contribution in [3.05, 3.63) is 65.0 Å². The van der Waals surface area contributed by atoms with Crippen molar-refractivity contribution in [2.75, 3.05) is 31.1 Å². The van der Waals surface area contributed by atoms with Gasteiger partial charge in [-0.3, -0.25) is 4.79 Å². The number of aryl methyl sites for hydroxylation is 1. The van der Waals surface area contributed by atoms with Crippen LogP contribution in [0.15, 0.2) is 42.5 Å². The molecule has 0 spiro atoms. The third-order valence-electron chi connectivity index (χ3n) is 4.54. The summed E-state index contributed by atoms with van der Waals surface area (Å²) in [5, 5.41) is 0. The largest absolute Gasteiger partial charge is 0.416 e. The fourth-order valence-corrected chi connectivity index (χ4v) is 3.04. The zero-order valence-electron chi connectivity index (χ0n) is 14.2. The summed E-state index contributed by atoms with van der Waals surface area (Å²) in [5.74, 6) is -0.729. The Balaban J connectivity index is 1.70. The van der Waals surface area contributed by atoms with E-state index in [4.69, 9.17) is 0 Å². The van der Waals surface area contributed by atoms with E-state index in [0.29, 0.717) is 43.0 Å². The van der Waals surface area contributed by atoms with Crippen LogP contribution in [-0.2, 0) is 6.18 Å². The van der Waals surface area contributed by atoms with Crippen LogP contribution in [0, 0.1) is 12.7 Å². The van der Waals surface area contributed by atoms with Crippen LogP contribution in [0.1, 0.15) is 21.5 Å². The van der Waals surface area contributed by atoms with Crippen molar-refractivity contribution in [1.82, 2.24) is 4.90 Å². The highest BCUT2D eigenvalue weighted by atomic mass is 19.4. The first-order chi connectivity index (χ1) is 12.3. The Morgan fingerprint density at radius 2 is 1.69 bits per heavy atom. The summed E-state index contributed by atoms with van der Waals surface area (Å²) >= 11 is 0. The van der Waals surface area contributed by atoms with Gasteiger partial charge in [0.15, 0.2) is 0 Å². The molecule has 1 saturated heterocycles. The number of hydrogen-bond acceptors (Lipinski definition) is 2. The third kappa shape index (κ3) is 3.81. The first kappa shape index (κ1) is 18.2. The van der Waals surface area contributed by atoms with E-state index in [2.05, 4.69) is 0 Å². The Morgan fingerprint density at radius 1 is 1.00 bits per heavy atom. The monoisotopic (exact) mass is 366 g/mol. The summed E-state index contributed by atoms with van der Waals surface area (Å²) in [6.45, 7) is 3.31. The van der Waals surface area contributed by atoms with Gasteiger partial charge in [0.2, 0.25) is 0 Å². The van der Waals surface area contributed by atoms with Gasteiger partial charge in [0, 0.05) is 37.4 Å². The first-order valence-corrected chi connectivity index (χ1v) is 8.23. The van der Waals surface area contributed by atoms with Crippen LogP contribution in [-0.4, -0.2) is 37.0 Å². The van der Waals surface area contributed by atoms with Crippen molar-refractivity contribution >= 4 is 11.6 Å². The number of rotatable bonds is 2. The standard InChI is InChI=1S/C19H18F4N2O/c1-13-5-6-15(20)12-17(13)18(26)25-9-7-24(8-10-25)16-4-2-3-14(11-16)19(21,22)23/h2-6,11-12H,7-10H2,1H3. The third-order valence-corrected chi connectivity index (χ3v) is 4.54. The van der Waals surface area contributed by atoms with Gasteiger partial charge in [-0.15, -0.1) is 0 Å². The molecule has 3 nitrogen and oxygen atoms in total. The quantitative estimate of drug-likeness (QED) is 0.747. The highest BCUT2D eigenvalue weighted by Crippen LogP contribution is 2.32. The number of nitrogens with zero attached hydrogens (tertiary/aromatic N) is 2. The molecule has 1 fully saturated rings. The minimum Gasteiger partial charge on any atom is -0.368 e. The van der Waals surface area contributed by atoms with Crippen molar-refractivity contribution in [3.8, 4) is 0 Å². The van der Waals surface area contributed by atoms with Gasteiger partial charge in [0.05, 0.1) is 5.56 Å². The molecule has 0 aromatic heterocycles. The lowest BCUT2D eigenvalue weighted by Crippen LogP contribution is -2.49. The van der Waals surface area contributed by atoms with Crippen LogP contribution >= 0.6 is 0 Å². The van der Waals surface area contributed by atoms with Gasteiger partial charge in [-0.1, -0.05) is 12.1 Å². The number of anilines is 1. The number of halogens is 4. The van der Waals surface area contributed by atoms with Crippen LogP contribution in [0.25, 0.3) is 0 Å². The maximum Gasteiger partial charge on any atom is 0.416 e. The maximum atomic E-state index is 13.4. The molecule has 1 aliphatic rings. The Morgan fingerprint density at radius 3 is 2.35 bits per heavy atom. The molecule has 2 aromatic carbocycles. The topological polar surface area (TPSA) is 23.6 Å². The Kier molecular flexibility index (Phi) is 4.89. The fourth-order valence-electron chi connectivity index (χ4n) is 3.04. The average Bonchev–Trinajstić information content (AvgIpc) is 2.63. The highest BCUT2D eigenvalue weighted by molar-refractivity contribution is 5.95. The fraction of sp³-hybridized carbons (Fsp3) is 0.316. The number of carbonyl (C=O) groups is 1. The summed E-state index contributed by atoms with van der Waals surface area (Å²) in [7, 11) is 0. The molecule has 26 heavy (non-hydrogen) atoms. The Bertz CT molecular complexity index is 811. The molecule has 1 aliphatic heterocycles. The van der Waals surface area contributed by atoms with E-state index in [0.717, 1.165) is 12.1 Å². The molecule has 0 bridgehead atoms. The number of alkyl halides is 3.